The standard InChI is InChI=1S/C19H21N5O3S/c1-23-13-15(12-20-23)28(25,26)24-9-7-19(8-10-24)11-16(19)18-22-21-17(27-18)14-5-3-2-4-6-14/h2-6,12-13,16H,7-11H2,1H3/t16-/m1/s1. The lowest BCUT2D eigenvalue weighted by molar-refractivity contribution is 0.246. The number of hydrogen-bond acceptors (Lipinski definition) is 6. The fourth-order valence-electron chi connectivity index (χ4n) is 4.18. The highest BCUT2D eigenvalue weighted by atomic mass is 32.2. The zero-order chi connectivity index (χ0) is 19.4. The topological polar surface area (TPSA) is 94.1 Å². The number of nitrogens with zero attached hydrogens (tertiary/aromatic N) is 5. The Bertz CT molecular complexity index is 1100. The van der Waals surface area contributed by atoms with Crippen LogP contribution in [0.15, 0.2) is 52.0 Å². The van der Waals surface area contributed by atoms with E-state index in [1.165, 1.54) is 10.9 Å². The molecule has 1 aromatic carbocycles. The maximum atomic E-state index is 12.8. The lowest BCUT2D eigenvalue weighted by Crippen LogP contribution is -2.39. The largest absolute Gasteiger partial charge is 0.420 e. The number of aryl methyl sites for hydroxylation is 1. The number of aromatic nitrogens is 4. The van der Waals surface area contributed by atoms with Gasteiger partial charge in [0.05, 0.1) is 6.20 Å². The molecule has 1 atom stereocenters. The van der Waals surface area contributed by atoms with E-state index in [0.717, 1.165) is 24.8 Å². The van der Waals surface area contributed by atoms with Gasteiger partial charge < -0.3 is 4.42 Å². The molecule has 2 fully saturated rings. The van der Waals surface area contributed by atoms with Crippen LogP contribution in [0.1, 0.15) is 31.1 Å². The molecule has 3 aromatic rings. The Balaban J connectivity index is 1.27. The second kappa shape index (κ2) is 6.25. The molecule has 1 aliphatic carbocycles. The quantitative estimate of drug-likeness (QED) is 0.669. The van der Waals surface area contributed by atoms with Gasteiger partial charge in [0, 0.05) is 37.8 Å². The van der Waals surface area contributed by atoms with Crippen molar-refractivity contribution in [3.05, 3.63) is 48.6 Å². The molecule has 2 aliphatic rings. The van der Waals surface area contributed by atoms with Crippen molar-refractivity contribution in [2.75, 3.05) is 13.1 Å². The monoisotopic (exact) mass is 399 g/mol. The summed E-state index contributed by atoms with van der Waals surface area (Å²) in [6.07, 6.45) is 5.54. The third kappa shape index (κ3) is 2.85. The predicted molar refractivity (Wildman–Crippen MR) is 101 cm³/mol. The smallest absolute Gasteiger partial charge is 0.247 e. The molecule has 1 spiro atoms. The van der Waals surface area contributed by atoms with E-state index >= 15 is 0 Å². The van der Waals surface area contributed by atoms with E-state index in [0.29, 0.717) is 24.9 Å². The van der Waals surface area contributed by atoms with E-state index in [9.17, 15) is 8.42 Å². The molecule has 0 N–H and O–H groups in total. The first-order valence-electron chi connectivity index (χ1n) is 9.36. The van der Waals surface area contributed by atoms with Crippen LogP contribution in [0.25, 0.3) is 11.5 Å². The molecule has 5 rings (SSSR count). The van der Waals surface area contributed by atoms with E-state index in [-0.39, 0.29) is 16.2 Å². The van der Waals surface area contributed by atoms with Gasteiger partial charge in [-0.3, -0.25) is 4.68 Å². The molecule has 1 saturated carbocycles. The summed E-state index contributed by atoms with van der Waals surface area (Å²) in [6.45, 7) is 1.01. The molecule has 0 amide bonds. The zero-order valence-corrected chi connectivity index (χ0v) is 16.3. The molecule has 9 heteroatoms. The van der Waals surface area contributed by atoms with Crippen molar-refractivity contribution >= 4 is 10.0 Å². The Labute approximate surface area is 163 Å². The summed E-state index contributed by atoms with van der Waals surface area (Å²) in [5, 5.41) is 12.4. The van der Waals surface area contributed by atoms with Gasteiger partial charge in [0.2, 0.25) is 21.8 Å². The molecule has 3 heterocycles. The van der Waals surface area contributed by atoms with Crippen LogP contribution < -0.4 is 0 Å². The van der Waals surface area contributed by atoms with Crippen LogP contribution in [-0.2, 0) is 17.1 Å². The number of sulfonamides is 1. The van der Waals surface area contributed by atoms with Crippen LogP contribution >= 0.6 is 0 Å². The molecule has 1 aliphatic heterocycles. The van der Waals surface area contributed by atoms with Gasteiger partial charge >= 0.3 is 0 Å². The van der Waals surface area contributed by atoms with Crippen LogP contribution in [-0.4, -0.2) is 45.8 Å². The summed E-state index contributed by atoms with van der Waals surface area (Å²) >= 11 is 0. The molecule has 0 bridgehead atoms. The van der Waals surface area contributed by atoms with Crippen LogP contribution in [0, 0.1) is 5.41 Å². The number of piperidine rings is 1. The summed E-state index contributed by atoms with van der Waals surface area (Å²) in [4.78, 5) is 0.253. The summed E-state index contributed by atoms with van der Waals surface area (Å²) in [7, 11) is -1.76. The van der Waals surface area contributed by atoms with Gasteiger partial charge in [-0.1, -0.05) is 18.2 Å². The van der Waals surface area contributed by atoms with Crippen LogP contribution in [0.5, 0.6) is 0 Å². The van der Waals surface area contributed by atoms with E-state index < -0.39 is 10.0 Å². The van der Waals surface area contributed by atoms with Crippen molar-refractivity contribution < 1.29 is 12.8 Å². The Morgan fingerprint density at radius 2 is 1.89 bits per heavy atom. The fourth-order valence-corrected chi connectivity index (χ4v) is 5.60. The normalized spacial score (nSPS) is 21.8. The molecule has 8 nitrogen and oxygen atoms in total. The van der Waals surface area contributed by atoms with Crippen molar-refractivity contribution in [3.63, 3.8) is 0 Å². The Hall–Kier alpha value is -2.52. The first-order valence-corrected chi connectivity index (χ1v) is 10.8. The minimum atomic E-state index is -3.48. The number of hydrogen-bond donors (Lipinski definition) is 0. The maximum Gasteiger partial charge on any atom is 0.247 e. The Morgan fingerprint density at radius 1 is 1.14 bits per heavy atom. The average Bonchev–Trinajstić information content (AvgIpc) is 3.06. The van der Waals surface area contributed by atoms with Gasteiger partial charge in [-0.05, 0) is 36.8 Å². The van der Waals surface area contributed by atoms with Gasteiger partial charge in [-0.15, -0.1) is 10.2 Å². The highest BCUT2D eigenvalue weighted by Gasteiger charge is 2.59. The van der Waals surface area contributed by atoms with Gasteiger partial charge in [-0.25, -0.2) is 8.42 Å². The van der Waals surface area contributed by atoms with Gasteiger partial charge in [-0.2, -0.15) is 9.40 Å². The molecule has 0 radical (unpaired) electrons. The zero-order valence-electron chi connectivity index (χ0n) is 15.5. The lowest BCUT2D eigenvalue weighted by atomic mass is 9.92. The summed E-state index contributed by atoms with van der Waals surface area (Å²) in [6, 6.07) is 9.72. The maximum absolute atomic E-state index is 12.8. The Morgan fingerprint density at radius 3 is 2.57 bits per heavy atom. The van der Waals surface area contributed by atoms with Crippen molar-refractivity contribution in [3.8, 4) is 11.5 Å². The first kappa shape index (κ1) is 17.6. The van der Waals surface area contributed by atoms with Gasteiger partial charge in [0.25, 0.3) is 0 Å². The van der Waals surface area contributed by atoms with E-state index in [1.807, 2.05) is 30.3 Å². The lowest BCUT2D eigenvalue weighted by Gasteiger charge is -2.31. The van der Waals surface area contributed by atoms with Crippen molar-refractivity contribution in [1.29, 1.82) is 0 Å². The van der Waals surface area contributed by atoms with Gasteiger partial charge in [0.1, 0.15) is 4.90 Å². The van der Waals surface area contributed by atoms with Crippen LogP contribution in [0.4, 0.5) is 0 Å². The summed E-state index contributed by atoms with van der Waals surface area (Å²) in [5.41, 5.74) is 0.995. The van der Waals surface area contributed by atoms with E-state index in [4.69, 9.17) is 4.42 Å². The predicted octanol–water partition coefficient (Wildman–Crippen LogP) is 2.43. The molecule has 28 heavy (non-hydrogen) atoms. The average molecular weight is 399 g/mol. The second-order valence-electron chi connectivity index (χ2n) is 7.68. The first-order chi connectivity index (χ1) is 13.5. The third-order valence-corrected chi connectivity index (χ3v) is 7.84. The fraction of sp³-hybridized carbons (Fsp3) is 0.421. The van der Waals surface area contributed by atoms with Crippen molar-refractivity contribution in [2.45, 2.75) is 30.1 Å². The minimum absolute atomic E-state index is 0.0848. The molecule has 1 saturated heterocycles. The molecule has 2 aromatic heterocycles. The SMILES string of the molecule is Cn1cc(S(=O)(=O)N2CCC3(CC2)C[C@@H]3c2nnc(-c3ccccc3)o2)cn1. The molecule has 146 valence electrons. The molecular formula is C19H21N5O3S. The number of rotatable bonds is 4. The molecular weight excluding hydrogens is 378 g/mol. The minimum Gasteiger partial charge on any atom is -0.420 e. The summed E-state index contributed by atoms with van der Waals surface area (Å²) in [5.74, 6) is 1.43. The van der Waals surface area contributed by atoms with Crippen molar-refractivity contribution in [1.82, 2.24) is 24.3 Å². The van der Waals surface area contributed by atoms with Crippen LogP contribution in [0.2, 0.25) is 0 Å². The Kier molecular flexibility index (Phi) is 3.92. The highest BCUT2D eigenvalue weighted by molar-refractivity contribution is 7.89. The number of benzene rings is 1. The second-order valence-corrected chi connectivity index (χ2v) is 9.62. The van der Waals surface area contributed by atoms with Crippen LogP contribution in [0.3, 0.4) is 0 Å². The summed E-state index contributed by atoms with van der Waals surface area (Å²) < 4.78 is 34.5. The van der Waals surface area contributed by atoms with Gasteiger partial charge in [0.15, 0.2) is 0 Å². The van der Waals surface area contributed by atoms with E-state index in [1.54, 1.807) is 17.5 Å². The third-order valence-electron chi connectivity index (χ3n) is 5.99. The van der Waals surface area contributed by atoms with E-state index in [2.05, 4.69) is 15.3 Å². The van der Waals surface area contributed by atoms with Crippen molar-refractivity contribution in [2.24, 2.45) is 12.5 Å². The highest BCUT2D eigenvalue weighted by Crippen LogP contribution is 2.64. The molecule has 0 unspecified atom stereocenters.